The second kappa shape index (κ2) is 64.9. The maximum atomic E-state index is 12.9. The van der Waals surface area contributed by atoms with E-state index in [1.165, 1.54) is 308 Å². The molecule has 0 radical (unpaired) electrons. The van der Waals surface area contributed by atoms with Crippen LogP contribution in [0.4, 0.5) is 0 Å². The summed E-state index contributed by atoms with van der Waals surface area (Å²) in [5.74, 6) is -0.823. The van der Waals surface area contributed by atoms with E-state index in [-0.39, 0.29) is 31.1 Å². The number of rotatable bonds is 65. The van der Waals surface area contributed by atoms with Crippen LogP contribution in [0.3, 0.4) is 0 Å². The Hall–Kier alpha value is -1.59. The van der Waals surface area contributed by atoms with Gasteiger partial charge in [0.15, 0.2) is 6.10 Å². The van der Waals surface area contributed by atoms with Crippen molar-refractivity contribution in [2.24, 2.45) is 0 Å². The van der Waals surface area contributed by atoms with Gasteiger partial charge in [-0.25, -0.2) is 0 Å². The number of carbonyl (C=O) groups excluding carboxylic acids is 3. The molecule has 1 atom stereocenters. The largest absolute Gasteiger partial charge is 0.462 e. The van der Waals surface area contributed by atoms with Crippen molar-refractivity contribution in [3.63, 3.8) is 0 Å². The van der Waals surface area contributed by atoms with Crippen molar-refractivity contribution in [2.75, 3.05) is 13.2 Å². The van der Waals surface area contributed by atoms with E-state index in [1.54, 1.807) is 0 Å². The fourth-order valence-electron chi connectivity index (χ4n) is 10.9. The summed E-state index contributed by atoms with van der Waals surface area (Å²) in [7, 11) is 0. The topological polar surface area (TPSA) is 78.9 Å². The maximum Gasteiger partial charge on any atom is 0.306 e. The number of esters is 3. The van der Waals surface area contributed by atoms with Crippen LogP contribution >= 0.6 is 0 Å². The highest BCUT2D eigenvalue weighted by Gasteiger charge is 2.19. The standard InChI is InChI=1S/C69H134O6/c1-4-7-10-13-16-19-22-25-28-29-30-31-32-33-34-35-36-37-38-39-40-42-44-47-50-53-56-59-62-68(71)74-65-66(64-73-67(70)61-58-55-52-49-46-43-27-24-21-18-15-12-9-6-3)75-69(72)63-60-57-54-51-48-45-41-26-23-20-17-14-11-8-5-2/h66H,4-65H2,1-3H3. The monoisotopic (exact) mass is 1060 g/mol. The first-order chi connectivity index (χ1) is 37.0. The lowest BCUT2D eigenvalue weighted by Gasteiger charge is -2.18. The highest BCUT2D eigenvalue weighted by atomic mass is 16.6. The lowest BCUT2D eigenvalue weighted by atomic mass is 10.0. The van der Waals surface area contributed by atoms with Crippen molar-refractivity contribution in [1.29, 1.82) is 0 Å². The number of hydrogen-bond acceptors (Lipinski definition) is 6. The van der Waals surface area contributed by atoms with Gasteiger partial charge < -0.3 is 14.2 Å². The summed E-state index contributed by atoms with van der Waals surface area (Å²) in [4.78, 5) is 38.3. The van der Waals surface area contributed by atoms with Gasteiger partial charge in [-0.1, -0.05) is 367 Å². The Morgan fingerprint density at radius 2 is 0.360 bits per heavy atom. The van der Waals surface area contributed by atoms with Gasteiger partial charge in [-0.05, 0) is 19.3 Å². The molecule has 0 heterocycles. The van der Waals surface area contributed by atoms with Gasteiger partial charge in [0.05, 0.1) is 0 Å². The highest BCUT2D eigenvalue weighted by Crippen LogP contribution is 2.19. The second-order valence-corrected chi connectivity index (χ2v) is 23.8. The van der Waals surface area contributed by atoms with Crippen LogP contribution < -0.4 is 0 Å². The lowest BCUT2D eigenvalue weighted by molar-refractivity contribution is -0.167. The van der Waals surface area contributed by atoms with Gasteiger partial charge in [-0.15, -0.1) is 0 Å². The Morgan fingerprint density at radius 1 is 0.213 bits per heavy atom. The van der Waals surface area contributed by atoms with E-state index in [4.69, 9.17) is 14.2 Å². The summed E-state index contributed by atoms with van der Waals surface area (Å²) in [6.07, 6.45) is 75.6. The summed E-state index contributed by atoms with van der Waals surface area (Å²) < 4.78 is 17.0. The average Bonchev–Trinajstić information content (AvgIpc) is 3.41. The molecule has 0 saturated heterocycles. The third kappa shape index (κ3) is 63.1. The van der Waals surface area contributed by atoms with Crippen molar-refractivity contribution in [1.82, 2.24) is 0 Å². The van der Waals surface area contributed by atoms with Crippen LogP contribution in [0.5, 0.6) is 0 Å². The van der Waals surface area contributed by atoms with E-state index in [1.807, 2.05) is 0 Å². The molecule has 0 rings (SSSR count). The van der Waals surface area contributed by atoms with Crippen LogP contribution in [0, 0.1) is 0 Å². The van der Waals surface area contributed by atoms with Crippen LogP contribution in [0.15, 0.2) is 0 Å². The molecule has 0 aliphatic heterocycles. The third-order valence-corrected chi connectivity index (χ3v) is 16.1. The molecule has 0 aliphatic carbocycles. The number of hydrogen-bond donors (Lipinski definition) is 0. The predicted octanol–water partition coefficient (Wildman–Crippen LogP) is 23.5. The molecule has 0 aromatic carbocycles. The minimum absolute atomic E-state index is 0.0604. The van der Waals surface area contributed by atoms with Crippen molar-refractivity contribution >= 4 is 17.9 Å². The van der Waals surface area contributed by atoms with Crippen molar-refractivity contribution in [3.05, 3.63) is 0 Å². The molecule has 0 saturated carbocycles. The second-order valence-electron chi connectivity index (χ2n) is 23.8. The first kappa shape index (κ1) is 73.4. The van der Waals surface area contributed by atoms with E-state index in [2.05, 4.69) is 20.8 Å². The Labute approximate surface area is 469 Å². The fourth-order valence-corrected chi connectivity index (χ4v) is 10.9. The van der Waals surface area contributed by atoms with Crippen LogP contribution in [0.25, 0.3) is 0 Å². The first-order valence-electron chi connectivity index (χ1n) is 34.5. The number of ether oxygens (including phenoxy) is 3. The lowest BCUT2D eigenvalue weighted by Crippen LogP contribution is -2.30. The molecule has 1 unspecified atom stereocenters. The quantitative estimate of drug-likeness (QED) is 0.0343. The van der Waals surface area contributed by atoms with Gasteiger partial charge in [0, 0.05) is 19.3 Å². The van der Waals surface area contributed by atoms with Crippen LogP contribution in [-0.4, -0.2) is 37.2 Å². The third-order valence-electron chi connectivity index (χ3n) is 16.1. The minimum atomic E-state index is -0.762. The van der Waals surface area contributed by atoms with Crippen LogP contribution in [0.1, 0.15) is 406 Å². The van der Waals surface area contributed by atoms with Gasteiger partial charge in [-0.2, -0.15) is 0 Å². The van der Waals surface area contributed by atoms with Crippen molar-refractivity contribution in [3.8, 4) is 0 Å². The number of unbranched alkanes of at least 4 members (excludes halogenated alkanes) is 54. The van der Waals surface area contributed by atoms with Gasteiger partial charge in [0.1, 0.15) is 13.2 Å². The summed E-state index contributed by atoms with van der Waals surface area (Å²) in [6, 6.07) is 0. The van der Waals surface area contributed by atoms with Crippen LogP contribution in [-0.2, 0) is 28.6 Å². The van der Waals surface area contributed by atoms with Crippen LogP contribution in [0.2, 0.25) is 0 Å². The molecule has 0 fully saturated rings. The summed E-state index contributed by atoms with van der Waals surface area (Å²) in [5, 5.41) is 0. The van der Waals surface area contributed by atoms with Gasteiger partial charge in [-0.3, -0.25) is 14.4 Å². The van der Waals surface area contributed by atoms with E-state index in [0.29, 0.717) is 19.3 Å². The molecule has 6 heteroatoms. The Balaban J connectivity index is 4.13. The van der Waals surface area contributed by atoms with Gasteiger partial charge in [0.2, 0.25) is 0 Å². The molecule has 0 bridgehead atoms. The van der Waals surface area contributed by atoms with Gasteiger partial charge >= 0.3 is 17.9 Å². The highest BCUT2D eigenvalue weighted by molar-refractivity contribution is 5.71. The molecular formula is C69H134O6. The van der Waals surface area contributed by atoms with E-state index < -0.39 is 6.10 Å². The van der Waals surface area contributed by atoms with E-state index in [0.717, 1.165) is 57.8 Å². The Kier molecular flexibility index (Phi) is 63.6. The number of carbonyl (C=O) groups is 3. The van der Waals surface area contributed by atoms with Gasteiger partial charge in [0.25, 0.3) is 0 Å². The molecule has 0 aromatic rings. The molecule has 0 spiro atoms. The first-order valence-corrected chi connectivity index (χ1v) is 34.5. The van der Waals surface area contributed by atoms with E-state index >= 15 is 0 Å². The Morgan fingerprint density at radius 3 is 0.533 bits per heavy atom. The van der Waals surface area contributed by atoms with Crippen molar-refractivity contribution in [2.45, 2.75) is 412 Å². The minimum Gasteiger partial charge on any atom is -0.462 e. The SMILES string of the molecule is CCCCCCCCCCCCCCCCCCCCCCCCCCCCCCC(=O)OCC(COC(=O)CCCCCCCCCCCCCCCC)OC(=O)CCCCCCCCCCCCCCCCC. The molecule has 0 aromatic heterocycles. The zero-order valence-electron chi connectivity index (χ0n) is 51.4. The molecule has 446 valence electrons. The summed E-state index contributed by atoms with van der Waals surface area (Å²) in [6.45, 7) is 6.73. The molecule has 75 heavy (non-hydrogen) atoms. The van der Waals surface area contributed by atoms with Crippen molar-refractivity contribution < 1.29 is 28.6 Å². The fraction of sp³-hybridized carbons (Fsp3) is 0.957. The summed E-state index contributed by atoms with van der Waals surface area (Å²) in [5.41, 5.74) is 0. The zero-order valence-corrected chi connectivity index (χ0v) is 51.4. The molecule has 6 nitrogen and oxygen atoms in total. The normalized spacial score (nSPS) is 11.9. The predicted molar refractivity (Wildman–Crippen MR) is 326 cm³/mol. The summed E-state index contributed by atoms with van der Waals surface area (Å²) >= 11 is 0. The molecule has 0 aliphatic rings. The average molecular weight is 1060 g/mol. The molecular weight excluding hydrogens is 925 g/mol. The maximum absolute atomic E-state index is 12.9. The van der Waals surface area contributed by atoms with E-state index in [9.17, 15) is 14.4 Å². The molecule has 0 amide bonds. The molecule has 0 N–H and O–H groups in total. The Bertz CT molecular complexity index is 1120. The smallest absolute Gasteiger partial charge is 0.306 e. The zero-order chi connectivity index (χ0) is 54.3.